The van der Waals surface area contributed by atoms with Crippen LogP contribution in [0.1, 0.15) is 5.56 Å². The van der Waals surface area contributed by atoms with E-state index in [1.807, 2.05) is 0 Å². The Morgan fingerprint density at radius 2 is 1.74 bits per heavy atom. The molecule has 3 aromatic carbocycles. The van der Waals surface area contributed by atoms with Crippen molar-refractivity contribution in [3.8, 4) is 5.75 Å². The highest BCUT2D eigenvalue weighted by molar-refractivity contribution is 7.89. The van der Waals surface area contributed by atoms with Gasteiger partial charge in [-0.2, -0.15) is 4.72 Å². The molecule has 0 radical (unpaired) electrons. The van der Waals surface area contributed by atoms with E-state index in [2.05, 4.69) is 10.0 Å². The molecule has 162 valence electrons. The summed E-state index contributed by atoms with van der Waals surface area (Å²) < 4.78 is 47.3. The molecular weight excluding hydrogens is 443 g/mol. The van der Waals surface area contributed by atoms with Crippen molar-refractivity contribution in [3.63, 3.8) is 0 Å². The third kappa shape index (κ3) is 5.81. The number of benzene rings is 3. The summed E-state index contributed by atoms with van der Waals surface area (Å²) in [6.07, 6.45) is 0.0598. The molecule has 1 atom stereocenters. The van der Waals surface area contributed by atoms with E-state index in [0.717, 1.165) is 5.56 Å². The summed E-state index contributed by atoms with van der Waals surface area (Å²) in [6, 6.07) is 17.3. The number of hydrogen-bond donors (Lipinski definition) is 2. The highest BCUT2D eigenvalue weighted by Crippen LogP contribution is 2.27. The fourth-order valence-electron chi connectivity index (χ4n) is 2.89. The number of anilines is 1. The van der Waals surface area contributed by atoms with Gasteiger partial charge in [0.15, 0.2) is 0 Å². The van der Waals surface area contributed by atoms with E-state index in [1.54, 1.807) is 36.4 Å². The Morgan fingerprint density at radius 1 is 1.06 bits per heavy atom. The lowest BCUT2D eigenvalue weighted by Crippen LogP contribution is -2.45. The number of para-hydroxylation sites is 1. The molecular formula is C22H20ClFN2O4S. The normalized spacial score (nSPS) is 12.2. The van der Waals surface area contributed by atoms with E-state index < -0.39 is 27.8 Å². The molecule has 0 bridgehead atoms. The predicted octanol–water partition coefficient (Wildman–Crippen LogP) is 4.02. The van der Waals surface area contributed by atoms with Crippen LogP contribution in [0, 0.1) is 5.82 Å². The van der Waals surface area contributed by atoms with Gasteiger partial charge in [-0.25, -0.2) is 12.8 Å². The maximum atomic E-state index is 14.0. The first-order valence-electron chi connectivity index (χ1n) is 9.25. The van der Waals surface area contributed by atoms with E-state index in [4.69, 9.17) is 16.3 Å². The Balaban J connectivity index is 1.89. The molecule has 31 heavy (non-hydrogen) atoms. The standard InChI is InChI=1S/C22H20ClFN2O4S/c1-30-21-12-11-16(14-17(21)23)31(28,29)26-20(13-15-7-3-2-4-8-15)22(27)25-19-10-6-5-9-18(19)24/h2-12,14,20,26H,13H2,1H3,(H,25,27). The summed E-state index contributed by atoms with van der Waals surface area (Å²) in [4.78, 5) is 12.8. The molecule has 0 saturated carbocycles. The van der Waals surface area contributed by atoms with Crippen LogP contribution < -0.4 is 14.8 Å². The third-order valence-electron chi connectivity index (χ3n) is 4.46. The lowest BCUT2D eigenvalue weighted by molar-refractivity contribution is -0.117. The summed E-state index contributed by atoms with van der Waals surface area (Å²) >= 11 is 6.05. The smallest absolute Gasteiger partial charge is 0.242 e. The molecule has 1 amide bonds. The van der Waals surface area contributed by atoms with Crippen molar-refractivity contribution in [2.45, 2.75) is 17.4 Å². The molecule has 0 spiro atoms. The Morgan fingerprint density at radius 3 is 2.39 bits per heavy atom. The Kier molecular flexibility index (Phi) is 7.27. The zero-order valence-electron chi connectivity index (χ0n) is 16.5. The molecule has 0 fully saturated rings. The number of sulfonamides is 1. The van der Waals surface area contributed by atoms with Crippen LogP contribution in [0.5, 0.6) is 5.75 Å². The number of rotatable bonds is 8. The van der Waals surface area contributed by atoms with Crippen molar-refractivity contribution in [2.24, 2.45) is 0 Å². The van der Waals surface area contributed by atoms with Crippen LogP contribution in [0.25, 0.3) is 0 Å². The molecule has 9 heteroatoms. The fraction of sp³-hybridized carbons (Fsp3) is 0.136. The Labute approximate surface area is 185 Å². The van der Waals surface area contributed by atoms with Crippen LogP contribution >= 0.6 is 11.6 Å². The first-order chi connectivity index (χ1) is 14.8. The van der Waals surface area contributed by atoms with Gasteiger partial charge in [0.1, 0.15) is 17.6 Å². The second-order valence-electron chi connectivity index (χ2n) is 6.63. The van der Waals surface area contributed by atoms with Gasteiger partial charge >= 0.3 is 0 Å². The molecule has 0 heterocycles. The SMILES string of the molecule is COc1ccc(S(=O)(=O)NC(Cc2ccccc2)C(=O)Nc2ccccc2F)cc1Cl. The minimum absolute atomic E-state index is 0.0442. The van der Waals surface area contributed by atoms with E-state index >= 15 is 0 Å². The molecule has 3 aromatic rings. The monoisotopic (exact) mass is 462 g/mol. The molecule has 0 aliphatic carbocycles. The molecule has 0 aliphatic heterocycles. The number of methoxy groups -OCH3 is 1. The van der Waals surface area contributed by atoms with Crippen LogP contribution in [-0.2, 0) is 21.2 Å². The number of halogens is 2. The van der Waals surface area contributed by atoms with Crippen LogP contribution in [0.2, 0.25) is 5.02 Å². The molecule has 0 aliphatic rings. The highest BCUT2D eigenvalue weighted by atomic mass is 35.5. The molecule has 0 saturated heterocycles. The molecule has 1 unspecified atom stereocenters. The van der Waals surface area contributed by atoms with Crippen molar-refractivity contribution in [2.75, 3.05) is 12.4 Å². The number of nitrogens with one attached hydrogen (secondary N) is 2. The van der Waals surface area contributed by atoms with Gasteiger partial charge in [0.2, 0.25) is 15.9 Å². The van der Waals surface area contributed by atoms with E-state index in [9.17, 15) is 17.6 Å². The van der Waals surface area contributed by atoms with Crippen molar-refractivity contribution < 1.29 is 22.3 Å². The van der Waals surface area contributed by atoms with Crippen LogP contribution in [-0.4, -0.2) is 27.5 Å². The maximum absolute atomic E-state index is 14.0. The largest absolute Gasteiger partial charge is 0.495 e. The summed E-state index contributed by atoms with van der Waals surface area (Å²) in [5.74, 6) is -1.00. The third-order valence-corrected chi connectivity index (χ3v) is 6.23. The van der Waals surface area contributed by atoms with Crippen molar-refractivity contribution in [1.29, 1.82) is 0 Å². The van der Waals surface area contributed by atoms with E-state index in [0.29, 0.717) is 5.75 Å². The quantitative estimate of drug-likeness (QED) is 0.529. The first-order valence-corrected chi connectivity index (χ1v) is 11.1. The van der Waals surface area contributed by atoms with Crippen molar-refractivity contribution in [3.05, 3.63) is 89.2 Å². The minimum Gasteiger partial charge on any atom is -0.495 e. The first kappa shape index (κ1) is 22.7. The van der Waals surface area contributed by atoms with Crippen molar-refractivity contribution >= 4 is 33.2 Å². The zero-order chi connectivity index (χ0) is 22.4. The maximum Gasteiger partial charge on any atom is 0.242 e. The zero-order valence-corrected chi connectivity index (χ0v) is 18.1. The summed E-state index contributed by atoms with van der Waals surface area (Å²) in [7, 11) is -2.71. The van der Waals surface area contributed by atoms with Gasteiger partial charge < -0.3 is 10.1 Å². The molecule has 3 rings (SSSR count). The fourth-order valence-corrected chi connectivity index (χ4v) is 4.43. The Hall–Kier alpha value is -2.94. The lowest BCUT2D eigenvalue weighted by atomic mass is 10.1. The van der Waals surface area contributed by atoms with Crippen LogP contribution in [0.15, 0.2) is 77.7 Å². The van der Waals surface area contributed by atoms with Gasteiger partial charge in [-0.15, -0.1) is 0 Å². The van der Waals surface area contributed by atoms with Gasteiger partial charge in [0.05, 0.1) is 22.7 Å². The average Bonchev–Trinajstić information content (AvgIpc) is 2.75. The van der Waals surface area contributed by atoms with Gasteiger partial charge in [0, 0.05) is 0 Å². The van der Waals surface area contributed by atoms with Crippen molar-refractivity contribution in [1.82, 2.24) is 4.72 Å². The van der Waals surface area contributed by atoms with Crippen LogP contribution in [0.3, 0.4) is 0 Å². The summed E-state index contributed by atoms with van der Waals surface area (Å²) in [5.41, 5.74) is 0.684. The second kappa shape index (κ2) is 9.91. The van der Waals surface area contributed by atoms with Crippen LogP contribution in [0.4, 0.5) is 10.1 Å². The lowest BCUT2D eigenvalue weighted by Gasteiger charge is -2.19. The second-order valence-corrected chi connectivity index (χ2v) is 8.75. The highest BCUT2D eigenvalue weighted by Gasteiger charge is 2.27. The molecule has 2 N–H and O–H groups in total. The number of hydrogen-bond acceptors (Lipinski definition) is 4. The summed E-state index contributed by atoms with van der Waals surface area (Å²) in [6.45, 7) is 0. The molecule has 6 nitrogen and oxygen atoms in total. The number of carbonyl (C=O) groups is 1. The minimum atomic E-state index is -4.12. The van der Waals surface area contributed by atoms with Gasteiger partial charge in [0.25, 0.3) is 0 Å². The summed E-state index contributed by atoms with van der Waals surface area (Å²) in [5, 5.41) is 2.56. The van der Waals surface area contributed by atoms with Gasteiger partial charge in [-0.05, 0) is 42.3 Å². The number of amides is 1. The predicted molar refractivity (Wildman–Crippen MR) is 117 cm³/mol. The van der Waals surface area contributed by atoms with Gasteiger partial charge in [-0.3, -0.25) is 4.79 Å². The topological polar surface area (TPSA) is 84.5 Å². The van der Waals surface area contributed by atoms with E-state index in [1.165, 1.54) is 43.5 Å². The average molecular weight is 463 g/mol. The molecule has 0 aromatic heterocycles. The van der Waals surface area contributed by atoms with E-state index in [-0.39, 0.29) is 22.0 Å². The Bertz CT molecular complexity index is 1170. The van der Waals surface area contributed by atoms with Gasteiger partial charge in [-0.1, -0.05) is 54.1 Å². The number of ether oxygens (including phenoxy) is 1. The number of carbonyl (C=O) groups excluding carboxylic acids is 1.